The smallest absolute Gasteiger partial charge is 0.116 e. The average Bonchev–Trinajstić information content (AvgIpc) is 2.89. The van der Waals surface area contributed by atoms with Crippen LogP contribution in [-0.4, -0.2) is 29.8 Å². The Morgan fingerprint density at radius 3 is 2.35 bits per heavy atom. The van der Waals surface area contributed by atoms with Gasteiger partial charge in [-0.25, -0.2) is 0 Å². The average molecular weight is 353 g/mol. The lowest BCUT2D eigenvalue weighted by molar-refractivity contribution is -0.0579. The zero-order chi connectivity index (χ0) is 18.6. The van der Waals surface area contributed by atoms with Gasteiger partial charge in [0.05, 0.1) is 6.61 Å². The largest absolute Gasteiger partial charge is 0.359 e. The molecule has 1 N–H and O–H groups in total. The molecule has 0 unspecified atom stereocenters. The minimum absolute atomic E-state index is 0.140. The Morgan fingerprint density at radius 2 is 1.69 bits per heavy atom. The van der Waals surface area contributed by atoms with Gasteiger partial charge in [-0.2, -0.15) is 0 Å². The maximum atomic E-state index is 6.06. The van der Waals surface area contributed by atoms with E-state index in [4.69, 9.17) is 4.74 Å². The summed E-state index contributed by atoms with van der Waals surface area (Å²) in [6, 6.07) is 19.6. The van der Waals surface area contributed by atoms with E-state index in [0.717, 1.165) is 37.4 Å². The number of nitrogens with one attached hydrogen (secondary N) is 1. The number of nitrogens with zero attached hydrogens (tertiary/aromatic N) is 1. The molecular formula is C23H32N2O. The Balaban J connectivity index is 1.56. The SMILES string of the molecule is CC(C)CN1[C@@H](CCc2ccc(Nc3ccccc3)cc2)COC1(C)C. The van der Waals surface area contributed by atoms with Gasteiger partial charge in [0.15, 0.2) is 0 Å². The Hall–Kier alpha value is -1.84. The fourth-order valence-corrected chi connectivity index (χ4v) is 3.69. The van der Waals surface area contributed by atoms with E-state index in [1.54, 1.807) is 0 Å². The van der Waals surface area contributed by atoms with E-state index in [2.05, 4.69) is 74.3 Å². The first-order valence-electron chi connectivity index (χ1n) is 9.76. The third-order valence-corrected chi connectivity index (χ3v) is 5.11. The summed E-state index contributed by atoms with van der Waals surface area (Å²) in [6.45, 7) is 10.9. The number of para-hydroxylation sites is 1. The first-order chi connectivity index (χ1) is 12.4. The minimum Gasteiger partial charge on any atom is -0.359 e. The molecule has 0 saturated carbocycles. The molecule has 0 amide bonds. The Kier molecular flexibility index (Phi) is 6.00. The monoisotopic (exact) mass is 352 g/mol. The van der Waals surface area contributed by atoms with E-state index in [1.807, 2.05) is 18.2 Å². The second-order valence-corrected chi connectivity index (χ2v) is 8.18. The lowest BCUT2D eigenvalue weighted by Crippen LogP contribution is -2.45. The van der Waals surface area contributed by atoms with Crippen LogP contribution in [0.1, 0.15) is 39.7 Å². The highest BCUT2D eigenvalue weighted by Gasteiger charge is 2.40. The summed E-state index contributed by atoms with van der Waals surface area (Å²) in [5.74, 6) is 0.654. The summed E-state index contributed by atoms with van der Waals surface area (Å²) < 4.78 is 6.06. The number of aryl methyl sites for hydroxylation is 1. The summed E-state index contributed by atoms with van der Waals surface area (Å²) in [4.78, 5) is 2.54. The summed E-state index contributed by atoms with van der Waals surface area (Å²) >= 11 is 0. The van der Waals surface area contributed by atoms with Crippen LogP contribution >= 0.6 is 0 Å². The van der Waals surface area contributed by atoms with Gasteiger partial charge in [0, 0.05) is 24.0 Å². The second-order valence-electron chi connectivity index (χ2n) is 8.18. The molecule has 1 aliphatic rings. The summed E-state index contributed by atoms with van der Waals surface area (Å²) in [7, 11) is 0. The quantitative estimate of drug-likeness (QED) is 0.716. The van der Waals surface area contributed by atoms with E-state index in [9.17, 15) is 0 Å². The maximum Gasteiger partial charge on any atom is 0.116 e. The van der Waals surface area contributed by atoms with Gasteiger partial charge in [-0.1, -0.05) is 44.2 Å². The van der Waals surface area contributed by atoms with Crippen LogP contribution in [0.4, 0.5) is 11.4 Å². The van der Waals surface area contributed by atoms with Gasteiger partial charge in [-0.15, -0.1) is 0 Å². The minimum atomic E-state index is -0.140. The van der Waals surface area contributed by atoms with Crippen molar-refractivity contribution in [2.45, 2.75) is 52.3 Å². The predicted molar refractivity (Wildman–Crippen MR) is 110 cm³/mol. The topological polar surface area (TPSA) is 24.5 Å². The molecule has 3 heteroatoms. The van der Waals surface area contributed by atoms with E-state index in [-0.39, 0.29) is 5.72 Å². The number of anilines is 2. The molecule has 0 bridgehead atoms. The van der Waals surface area contributed by atoms with Crippen molar-refractivity contribution in [2.24, 2.45) is 5.92 Å². The maximum absolute atomic E-state index is 6.06. The first-order valence-corrected chi connectivity index (χ1v) is 9.76. The third kappa shape index (κ3) is 4.87. The van der Waals surface area contributed by atoms with E-state index >= 15 is 0 Å². The van der Waals surface area contributed by atoms with Gasteiger partial charge in [0.2, 0.25) is 0 Å². The standard InChI is InChI=1S/C23H32N2O/c1-18(2)16-25-22(17-26-23(25,3)4)15-12-19-10-13-21(14-11-19)24-20-8-6-5-7-9-20/h5-11,13-14,18,22,24H,12,15-17H2,1-4H3/t22-/m0/s1. The molecule has 1 aliphatic heterocycles. The van der Waals surface area contributed by atoms with Crippen LogP contribution in [0.3, 0.4) is 0 Å². The predicted octanol–water partition coefficient (Wildman–Crippen LogP) is 5.46. The van der Waals surface area contributed by atoms with Crippen molar-refractivity contribution >= 4 is 11.4 Å². The summed E-state index contributed by atoms with van der Waals surface area (Å²) in [5.41, 5.74) is 3.50. The molecule has 140 valence electrons. The van der Waals surface area contributed by atoms with Crippen molar-refractivity contribution in [2.75, 3.05) is 18.5 Å². The van der Waals surface area contributed by atoms with Crippen molar-refractivity contribution < 1.29 is 4.74 Å². The molecule has 3 rings (SSSR count). The highest BCUT2D eigenvalue weighted by molar-refractivity contribution is 5.59. The molecule has 26 heavy (non-hydrogen) atoms. The van der Waals surface area contributed by atoms with E-state index in [0.29, 0.717) is 12.0 Å². The van der Waals surface area contributed by atoms with Crippen LogP contribution in [0.25, 0.3) is 0 Å². The Morgan fingerprint density at radius 1 is 1.04 bits per heavy atom. The molecule has 0 radical (unpaired) electrons. The Bertz CT molecular complexity index is 679. The zero-order valence-corrected chi connectivity index (χ0v) is 16.5. The molecule has 2 aromatic carbocycles. The molecule has 0 aromatic heterocycles. The molecule has 1 saturated heterocycles. The van der Waals surface area contributed by atoms with Crippen LogP contribution < -0.4 is 5.32 Å². The summed E-state index contributed by atoms with van der Waals surface area (Å²) in [6.07, 6.45) is 2.23. The third-order valence-electron chi connectivity index (χ3n) is 5.11. The van der Waals surface area contributed by atoms with Gasteiger partial charge in [-0.05, 0) is 62.4 Å². The highest BCUT2D eigenvalue weighted by Crippen LogP contribution is 2.30. The molecular weight excluding hydrogens is 320 g/mol. The zero-order valence-electron chi connectivity index (χ0n) is 16.5. The van der Waals surface area contributed by atoms with Gasteiger partial charge in [-0.3, -0.25) is 4.90 Å². The van der Waals surface area contributed by atoms with Gasteiger partial charge < -0.3 is 10.1 Å². The molecule has 3 nitrogen and oxygen atoms in total. The van der Waals surface area contributed by atoms with Crippen molar-refractivity contribution in [1.29, 1.82) is 0 Å². The lowest BCUT2D eigenvalue weighted by atomic mass is 10.0. The van der Waals surface area contributed by atoms with Crippen LogP contribution in [0, 0.1) is 5.92 Å². The molecule has 1 atom stereocenters. The number of ether oxygens (including phenoxy) is 1. The molecule has 0 aliphatic carbocycles. The molecule has 0 spiro atoms. The van der Waals surface area contributed by atoms with Gasteiger partial charge in [0.1, 0.15) is 5.72 Å². The van der Waals surface area contributed by atoms with Crippen LogP contribution in [-0.2, 0) is 11.2 Å². The molecule has 1 fully saturated rings. The van der Waals surface area contributed by atoms with Gasteiger partial charge in [0.25, 0.3) is 0 Å². The normalized spacial score (nSPS) is 19.8. The van der Waals surface area contributed by atoms with E-state index in [1.165, 1.54) is 5.56 Å². The van der Waals surface area contributed by atoms with Crippen LogP contribution in [0.2, 0.25) is 0 Å². The molecule has 1 heterocycles. The summed E-state index contributed by atoms with van der Waals surface area (Å²) in [5, 5.41) is 3.44. The van der Waals surface area contributed by atoms with E-state index < -0.39 is 0 Å². The van der Waals surface area contributed by atoms with Crippen LogP contribution in [0.15, 0.2) is 54.6 Å². The highest BCUT2D eigenvalue weighted by atomic mass is 16.5. The fraction of sp³-hybridized carbons (Fsp3) is 0.478. The van der Waals surface area contributed by atoms with Gasteiger partial charge >= 0.3 is 0 Å². The van der Waals surface area contributed by atoms with Crippen molar-refractivity contribution in [1.82, 2.24) is 4.90 Å². The van der Waals surface area contributed by atoms with Crippen molar-refractivity contribution in [3.63, 3.8) is 0 Å². The lowest BCUT2D eigenvalue weighted by Gasteiger charge is -2.35. The second kappa shape index (κ2) is 8.24. The molecule has 2 aromatic rings. The number of rotatable bonds is 7. The number of hydrogen-bond acceptors (Lipinski definition) is 3. The Labute approximate surface area is 158 Å². The number of hydrogen-bond donors (Lipinski definition) is 1. The van der Waals surface area contributed by atoms with Crippen molar-refractivity contribution in [3.05, 3.63) is 60.2 Å². The fourth-order valence-electron chi connectivity index (χ4n) is 3.69. The first kappa shape index (κ1) is 18.9. The van der Waals surface area contributed by atoms with Crippen LogP contribution in [0.5, 0.6) is 0 Å². The van der Waals surface area contributed by atoms with Crippen molar-refractivity contribution in [3.8, 4) is 0 Å². The number of benzene rings is 2.